The molecule has 25 heavy (non-hydrogen) atoms. The van der Waals surface area contributed by atoms with Crippen LogP contribution in [-0.4, -0.2) is 12.9 Å². The van der Waals surface area contributed by atoms with Crippen molar-refractivity contribution in [3.05, 3.63) is 95.0 Å². The number of oxime groups is 1. The van der Waals surface area contributed by atoms with Crippen LogP contribution in [0.1, 0.15) is 11.1 Å². The predicted octanol–water partition coefficient (Wildman–Crippen LogP) is 4.24. The molecule has 0 aliphatic carbocycles. The van der Waals surface area contributed by atoms with Crippen LogP contribution >= 0.6 is 11.6 Å². The van der Waals surface area contributed by atoms with E-state index in [0.29, 0.717) is 5.02 Å². The first-order chi connectivity index (χ1) is 12.2. The van der Waals surface area contributed by atoms with Crippen molar-refractivity contribution in [2.24, 2.45) is 5.16 Å². The highest BCUT2D eigenvalue weighted by atomic mass is 35.5. The van der Waals surface area contributed by atoms with Gasteiger partial charge in [-0.05, 0) is 54.3 Å². The third kappa shape index (κ3) is 3.13. The second-order valence-electron chi connectivity index (χ2n) is 6.00. The molecule has 122 valence electrons. The highest BCUT2D eigenvalue weighted by molar-refractivity contribution is 6.76. The molecule has 3 nitrogen and oxygen atoms in total. The van der Waals surface area contributed by atoms with E-state index in [1.165, 1.54) is 5.56 Å². The average molecular weight is 347 g/mol. The number of hydrogen-bond acceptors (Lipinski definition) is 3. The second-order valence-corrected chi connectivity index (χ2v) is 6.44. The van der Waals surface area contributed by atoms with Gasteiger partial charge < -0.3 is 9.57 Å². The van der Waals surface area contributed by atoms with Crippen molar-refractivity contribution in [2.45, 2.75) is 6.92 Å². The number of rotatable bonds is 3. The Morgan fingerprint density at radius 1 is 0.920 bits per heavy atom. The van der Waals surface area contributed by atoms with Gasteiger partial charge in [0.2, 0.25) is 0 Å². The van der Waals surface area contributed by atoms with Crippen molar-refractivity contribution in [2.75, 3.05) is 4.81 Å². The topological polar surface area (TPSA) is 24.8 Å². The van der Waals surface area contributed by atoms with Gasteiger partial charge in [-0.3, -0.25) is 0 Å². The number of anilines is 1. The van der Waals surface area contributed by atoms with Gasteiger partial charge in [-0.25, -0.2) is 0 Å². The molecule has 0 saturated heterocycles. The van der Waals surface area contributed by atoms with Gasteiger partial charge >= 0.3 is 7.05 Å². The summed E-state index contributed by atoms with van der Waals surface area (Å²) in [6.07, 6.45) is 0. The number of halogens is 1. The molecule has 0 spiro atoms. The fourth-order valence-electron chi connectivity index (χ4n) is 2.96. The Morgan fingerprint density at radius 2 is 1.68 bits per heavy atom. The summed E-state index contributed by atoms with van der Waals surface area (Å²) in [4.78, 5) is 2.12. The highest BCUT2D eigenvalue weighted by Crippen LogP contribution is 2.25. The molecular formula is C20H16BClN2O. The lowest BCUT2D eigenvalue weighted by atomic mass is 9.71. The van der Waals surface area contributed by atoms with Crippen LogP contribution in [-0.2, 0) is 4.76 Å². The number of hydrogen-bond donors (Lipinski definition) is 0. The predicted molar refractivity (Wildman–Crippen MR) is 105 cm³/mol. The molecule has 1 aliphatic heterocycles. The minimum Gasteiger partial charge on any atom is -0.432 e. The Bertz CT molecular complexity index is 912. The van der Waals surface area contributed by atoms with Gasteiger partial charge in [0.15, 0.2) is 5.84 Å². The third-order valence-electron chi connectivity index (χ3n) is 4.17. The summed E-state index contributed by atoms with van der Waals surface area (Å²) < 4.78 is 5.82. The van der Waals surface area contributed by atoms with Crippen molar-refractivity contribution in [1.82, 2.24) is 0 Å². The van der Waals surface area contributed by atoms with Crippen molar-refractivity contribution < 1.29 is 4.76 Å². The van der Waals surface area contributed by atoms with Crippen LogP contribution in [0, 0.1) is 6.92 Å². The van der Waals surface area contributed by atoms with Crippen LogP contribution in [0.15, 0.2) is 84.0 Å². The highest BCUT2D eigenvalue weighted by Gasteiger charge is 2.39. The van der Waals surface area contributed by atoms with Gasteiger partial charge in [-0.15, -0.1) is 0 Å². The molecule has 1 heterocycles. The van der Waals surface area contributed by atoms with E-state index in [0.717, 1.165) is 22.5 Å². The van der Waals surface area contributed by atoms with Gasteiger partial charge in [0.05, 0.1) is 0 Å². The van der Waals surface area contributed by atoms with E-state index in [9.17, 15) is 0 Å². The molecule has 0 bridgehead atoms. The number of aryl methyl sites for hydroxylation is 1. The van der Waals surface area contributed by atoms with Crippen LogP contribution in [0.4, 0.5) is 5.69 Å². The summed E-state index contributed by atoms with van der Waals surface area (Å²) in [6, 6.07) is 26.1. The lowest BCUT2D eigenvalue weighted by Crippen LogP contribution is -2.49. The molecular weight excluding hydrogens is 330 g/mol. The summed E-state index contributed by atoms with van der Waals surface area (Å²) in [6.45, 7) is 2.08. The van der Waals surface area contributed by atoms with Crippen molar-refractivity contribution in [3.63, 3.8) is 0 Å². The van der Waals surface area contributed by atoms with E-state index in [1.54, 1.807) is 0 Å². The molecule has 3 aromatic rings. The molecule has 4 rings (SSSR count). The van der Waals surface area contributed by atoms with E-state index < -0.39 is 0 Å². The lowest BCUT2D eigenvalue weighted by Gasteiger charge is -2.23. The van der Waals surface area contributed by atoms with Crippen molar-refractivity contribution in [3.8, 4) is 0 Å². The molecule has 3 aromatic carbocycles. The zero-order valence-corrected chi connectivity index (χ0v) is 14.5. The van der Waals surface area contributed by atoms with Crippen LogP contribution in [0.3, 0.4) is 0 Å². The molecule has 0 aromatic heterocycles. The largest absolute Gasteiger partial charge is 0.550 e. The fourth-order valence-corrected chi connectivity index (χ4v) is 3.08. The maximum atomic E-state index is 6.03. The van der Waals surface area contributed by atoms with Crippen LogP contribution in [0.5, 0.6) is 0 Å². The van der Waals surface area contributed by atoms with E-state index in [1.807, 2.05) is 60.7 Å². The SMILES string of the molecule is Cc1cccc(N2B(c3ccccc3)ON=C2c2ccc(Cl)cc2)c1. The Balaban J connectivity index is 1.80. The van der Waals surface area contributed by atoms with Gasteiger partial charge in [-0.2, -0.15) is 0 Å². The first-order valence-electron chi connectivity index (χ1n) is 8.13. The van der Waals surface area contributed by atoms with Crippen molar-refractivity contribution in [1.29, 1.82) is 0 Å². The standard InChI is InChI=1S/C20H16BClN2O/c1-15-6-5-9-19(14-15)24-20(16-10-12-18(22)13-11-16)23-25-21(24)17-7-3-2-4-8-17/h2-14H,1H3. The van der Waals surface area contributed by atoms with Crippen LogP contribution < -0.4 is 10.3 Å². The van der Waals surface area contributed by atoms with Gasteiger partial charge in [0.1, 0.15) is 0 Å². The Morgan fingerprint density at radius 3 is 2.40 bits per heavy atom. The number of amidine groups is 1. The molecule has 0 unspecified atom stereocenters. The summed E-state index contributed by atoms with van der Waals surface area (Å²) in [7, 11) is -0.298. The van der Waals surface area contributed by atoms with Crippen molar-refractivity contribution >= 4 is 35.6 Å². The van der Waals surface area contributed by atoms with E-state index in [2.05, 4.69) is 35.1 Å². The number of benzene rings is 3. The molecule has 1 aliphatic rings. The summed E-state index contributed by atoms with van der Waals surface area (Å²) >= 11 is 6.03. The van der Waals surface area contributed by atoms with E-state index in [4.69, 9.17) is 16.4 Å². The van der Waals surface area contributed by atoms with Gasteiger partial charge in [0.25, 0.3) is 0 Å². The summed E-state index contributed by atoms with van der Waals surface area (Å²) in [5.74, 6) is 0.774. The Labute approximate surface area is 152 Å². The Hall–Kier alpha value is -2.72. The molecule has 0 atom stereocenters. The van der Waals surface area contributed by atoms with Gasteiger partial charge in [0, 0.05) is 16.3 Å². The molecule has 0 amide bonds. The third-order valence-corrected chi connectivity index (χ3v) is 4.42. The lowest BCUT2D eigenvalue weighted by molar-refractivity contribution is 0.367. The zero-order valence-electron chi connectivity index (χ0n) is 13.8. The van der Waals surface area contributed by atoms with Crippen LogP contribution in [0.2, 0.25) is 5.02 Å². The fraction of sp³-hybridized carbons (Fsp3) is 0.0500. The smallest absolute Gasteiger partial charge is 0.432 e. The average Bonchev–Trinajstić information content (AvgIpc) is 3.08. The maximum Gasteiger partial charge on any atom is 0.550 e. The van der Waals surface area contributed by atoms with Gasteiger partial charge in [-0.1, -0.05) is 59.2 Å². The van der Waals surface area contributed by atoms with E-state index in [-0.39, 0.29) is 7.05 Å². The molecule has 0 fully saturated rings. The second kappa shape index (κ2) is 6.65. The van der Waals surface area contributed by atoms with E-state index >= 15 is 0 Å². The normalized spacial score (nSPS) is 13.6. The summed E-state index contributed by atoms with van der Waals surface area (Å²) in [5, 5.41) is 5.08. The first-order valence-corrected chi connectivity index (χ1v) is 8.51. The minimum absolute atomic E-state index is 0.298. The quantitative estimate of drug-likeness (QED) is 0.663. The Kier molecular flexibility index (Phi) is 4.20. The summed E-state index contributed by atoms with van der Waals surface area (Å²) in [5.41, 5.74) is 4.24. The zero-order chi connectivity index (χ0) is 17.2. The molecule has 5 heteroatoms. The van der Waals surface area contributed by atoms with Crippen LogP contribution in [0.25, 0.3) is 0 Å². The first kappa shape index (κ1) is 15.8. The minimum atomic E-state index is -0.298. The molecule has 0 saturated carbocycles. The molecule has 0 N–H and O–H groups in total. The molecule has 0 radical (unpaired) electrons. The number of nitrogens with zero attached hydrogens (tertiary/aromatic N) is 2. The monoisotopic (exact) mass is 346 g/mol. The maximum absolute atomic E-state index is 6.03.